The number of fused-ring (bicyclic) bond motifs is 1. The Morgan fingerprint density at radius 3 is 2.85 bits per heavy atom. The molecule has 3 aromatic rings. The second-order valence-corrected chi connectivity index (χ2v) is 5.34. The van der Waals surface area contributed by atoms with Gasteiger partial charge in [0.25, 0.3) is 0 Å². The van der Waals surface area contributed by atoms with Gasteiger partial charge in [-0.05, 0) is 31.2 Å². The zero-order chi connectivity index (χ0) is 13.9. The quantitative estimate of drug-likeness (QED) is 0.576. The first-order valence-corrected chi connectivity index (χ1v) is 6.96. The predicted octanol–water partition coefficient (Wildman–Crippen LogP) is 4.27. The fourth-order valence-electron chi connectivity index (χ4n) is 1.83. The van der Waals surface area contributed by atoms with Crippen LogP contribution in [0.1, 0.15) is 12.5 Å². The maximum atomic E-state index is 13.1. The summed E-state index contributed by atoms with van der Waals surface area (Å²) < 4.78 is 14.2. The summed E-state index contributed by atoms with van der Waals surface area (Å²) in [5.74, 6) is -0.267. The van der Waals surface area contributed by atoms with E-state index < -0.39 is 0 Å². The van der Waals surface area contributed by atoms with Gasteiger partial charge in [-0.2, -0.15) is 5.10 Å². The summed E-state index contributed by atoms with van der Waals surface area (Å²) in [7, 11) is 0. The third-order valence-corrected chi connectivity index (χ3v) is 3.80. The lowest BCUT2D eigenvalue weighted by molar-refractivity contribution is 0.627. The number of halogens is 1. The average Bonchev–Trinajstić information content (AvgIpc) is 2.87. The number of para-hydroxylation sites is 1. The van der Waals surface area contributed by atoms with Gasteiger partial charge in [0, 0.05) is 5.56 Å². The molecule has 0 saturated carbocycles. The van der Waals surface area contributed by atoms with Crippen LogP contribution in [-0.4, -0.2) is 10.7 Å². The number of benzene rings is 2. The van der Waals surface area contributed by atoms with Crippen molar-refractivity contribution in [1.82, 2.24) is 4.98 Å². The summed E-state index contributed by atoms with van der Waals surface area (Å²) in [5, 5.41) is 4.97. The molecule has 20 heavy (non-hydrogen) atoms. The molecule has 0 saturated heterocycles. The minimum Gasteiger partial charge on any atom is -0.252 e. The Labute approximate surface area is 119 Å². The molecule has 0 aliphatic heterocycles. The molecule has 0 atom stereocenters. The van der Waals surface area contributed by atoms with E-state index in [0.717, 1.165) is 20.9 Å². The summed E-state index contributed by atoms with van der Waals surface area (Å²) in [6.07, 6.45) is 0. The molecule has 3 rings (SSSR count). The SMILES string of the molecule is CC(=NNc1nc2ccccc2s1)c1cccc(F)c1. The van der Waals surface area contributed by atoms with Crippen molar-refractivity contribution >= 4 is 32.4 Å². The minimum atomic E-state index is -0.267. The smallest absolute Gasteiger partial charge is 0.204 e. The number of aromatic nitrogens is 1. The summed E-state index contributed by atoms with van der Waals surface area (Å²) >= 11 is 1.53. The molecule has 0 aliphatic carbocycles. The van der Waals surface area contributed by atoms with Crippen molar-refractivity contribution < 1.29 is 4.39 Å². The van der Waals surface area contributed by atoms with E-state index in [1.807, 2.05) is 37.3 Å². The number of nitrogens with zero attached hydrogens (tertiary/aromatic N) is 2. The Balaban J connectivity index is 1.82. The van der Waals surface area contributed by atoms with Gasteiger partial charge in [0.15, 0.2) is 0 Å². The maximum absolute atomic E-state index is 13.1. The van der Waals surface area contributed by atoms with Gasteiger partial charge in [-0.25, -0.2) is 9.37 Å². The van der Waals surface area contributed by atoms with Gasteiger partial charge in [0.1, 0.15) is 5.82 Å². The highest BCUT2D eigenvalue weighted by molar-refractivity contribution is 7.22. The Bertz CT molecular complexity index is 746. The molecule has 0 spiro atoms. The lowest BCUT2D eigenvalue weighted by Crippen LogP contribution is -1.99. The van der Waals surface area contributed by atoms with Crippen molar-refractivity contribution in [3.8, 4) is 0 Å². The molecular weight excluding hydrogens is 273 g/mol. The minimum absolute atomic E-state index is 0.267. The Morgan fingerprint density at radius 2 is 2.05 bits per heavy atom. The first-order valence-electron chi connectivity index (χ1n) is 6.14. The van der Waals surface area contributed by atoms with Crippen LogP contribution in [0, 0.1) is 5.82 Å². The number of anilines is 1. The Hall–Kier alpha value is -2.27. The molecule has 3 nitrogen and oxygen atoms in total. The van der Waals surface area contributed by atoms with Crippen LogP contribution in [0.25, 0.3) is 10.2 Å². The van der Waals surface area contributed by atoms with Crippen LogP contribution in [0.15, 0.2) is 53.6 Å². The molecule has 0 radical (unpaired) electrons. The second kappa shape index (κ2) is 5.38. The van der Waals surface area contributed by atoms with Gasteiger partial charge in [-0.1, -0.05) is 35.6 Å². The zero-order valence-electron chi connectivity index (χ0n) is 10.8. The highest BCUT2D eigenvalue weighted by atomic mass is 32.1. The predicted molar refractivity (Wildman–Crippen MR) is 81.9 cm³/mol. The molecule has 0 bridgehead atoms. The lowest BCUT2D eigenvalue weighted by atomic mass is 10.1. The van der Waals surface area contributed by atoms with Crippen molar-refractivity contribution in [2.24, 2.45) is 5.10 Å². The molecule has 0 fully saturated rings. The van der Waals surface area contributed by atoms with E-state index in [1.165, 1.54) is 23.5 Å². The largest absolute Gasteiger partial charge is 0.252 e. The first-order chi connectivity index (χ1) is 9.72. The summed E-state index contributed by atoms with van der Waals surface area (Å²) in [4.78, 5) is 4.42. The zero-order valence-corrected chi connectivity index (χ0v) is 11.6. The second-order valence-electron chi connectivity index (χ2n) is 4.31. The van der Waals surface area contributed by atoms with Crippen molar-refractivity contribution in [3.63, 3.8) is 0 Å². The van der Waals surface area contributed by atoms with Crippen LogP contribution in [0.3, 0.4) is 0 Å². The highest BCUT2D eigenvalue weighted by Crippen LogP contribution is 2.25. The lowest BCUT2D eigenvalue weighted by Gasteiger charge is -2.01. The summed E-state index contributed by atoms with van der Waals surface area (Å²) in [6.45, 7) is 1.83. The van der Waals surface area contributed by atoms with Crippen LogP contribution in [-0.2, 0) is 0 Å². The maximum Gasteiger partial charge on any atom is 0.204 e. The molecule has 0 amide bonds. The first kappa shape index (κ1) is 12.7. The average molecular weight is 285 g/mol. The topological polar surface area (TPSA) is 37.3 Å². The number of rotatable bonds is 3. The number of nitrogens with one attached hydrogen (secondary N) is 1. The van der Waals surface area contributed by atoms with Crippen LogP contribution in [0.4, 0.5) is 9.52 Å². The van der Waals surface area contributed by atoms with E-state index >= 15 is 0 Å². The van der Waals surface area contributed by atoms with E-state index in [-0.39, 0.29) is 5.82 Å². The van der Waals surface area contributed by atoms with Crippen LogP contribution in [0.2, 0.25) is 0 Å². The van der Waals surface area contributed by atoms with Crippen molar-refractivity contribution in [1.29, 1.82) is 0 Å². The number of hydrogen-bond acceptors (Lipinski definition) is 4. The van der Waals surface area contributed by atoms with E-state index in [0.29, 0.717) is 5.71 Å². The monoisotopic (exact) mass is 285 g/mol. The number of hydrazone groups is 1. The fraction of sp³-hybridized carbons (Fsp3) is 0.0667. The normalized spacial score (nSPS) is 11.8. The molecule has 1 aromatic heterocycles. The van der Waals surface area contributed by atoms with Gasteiger partial charge >= 0.3 is 0 Å². The van der Waals surface area contributed by atoms with E-state index in [4.69, 9.17) is 0 Å². The van der Waals surface area contributed by atoms with E-state index in [2.05, 4.69) is 15.5 Å². The van der Waals surface area contributed by atoms with Gasteiger partial charge in [0.2, 0.25) is 5.13 Å². The van der Waals surface area contributed by atoms with E-state index in [9.17, 15) is 4.39 Å². The fourth-order valence-corrected chi connectivity index (χ4v) is 2.64. The third kappa shape index (κ3) is 2.67. The third-order valence-electron chi connectivity index (χ3n) is 2.86. The van der Waals surface area contributed by atoms with Gasteiger partial charge in [0.05, 0.1) is 15.9 Å². The van der Waals surface area contributed by atoms with Crippen molar-refractivity contribution in [2.75, 3.05) is 5.43 Å². The van der Waals surface area contributed by atoms with Gasteiger partial charge in [-0.3, -0.25) is 5.43 Å². The van der Waals surface area contributed by atoms with Crippen LogP contribution >= 0.6 is 11.3 Å². The van der Waals surface area contributed by atoms with Gasteiger partial charge in [-0.15, -0.1) is 0 Å². The Morgan fingerprint density at radius 1 is 1.20 bits per heavy atom. The molecule has 0 aliphatic rings. The highest BCUT2D eigenvalue weighted by Gasteiger charge is 2.03. The van der Waals surface area contributed by atoms with Crippen molar-refractivity contribution in [3.05, 3.63) is 59.9 Å². The molecule has 0 unspecified atom stereocenters. The summed E-state index contributed by atoms with van der Waals surface area (Å²) in [6, 6.07) is 14.3. The van der Waals surface area contributed by atoms with Crippen molar-refractivity contribution in [2.45, 2.75) is 6.92 Å². The van der Waals surface area contributed by atoms with Crippen LogP contribution < -0.4 is 5.43 Å². The van der Waals surface area contributed by atoms with Crippen LogP contribution in [0.5, 0.6) is 0 Å². The molecular formula is C15H12FN3S. The molecule has 1 heterocycles. The molecule has 1 N–H and O–H groups in total. The van der Waals surface area contributed by atoms with Gasteiger partial charge < -0.3 is 0 Å². The molecule has 5 heteroatoms. The Kier molecular flexibility index (Phi) is 3.43. The number of hydrogen-bond donors (Lipinski definition) is 1. The molecule has 100 valence electrons. The molecule has 2 aromatic carbocycles. The van der Waals surface area contributed by atoms with E-state index in [1.54, 1.807) is 6.07 Å². The summed E-state index contributed by atoms with van der Waals surface area (Å²) in [5.41, 5.74) is 5.33. The standard InChI is InChI=1S/C15H12FN3S/c1-10(11-5-4-6-12(16)9-11)18-19-15-17-13-7-2-3-8-14(13)20-15/h2-9H,1H3,(H,17,19). The number of thiazole rings is 1.